The van der Waals surface area contributed by atoms with Crippen LogP contribution in [0.5, 0.6) is 0 Å². The first-order chi connectivity index (χ1) is 12.7. The van der Waals surface area contributed by atoms with Crippen molar-refractivity contribution in [3.63, 3.8) is 0 Å². The van der Waals surface area contributed by atoms with Crippen LogP contribution in [0.4, 0.5) is 9.93 Å². The van der Waals surface area contributed by atoms with Gasteiger partial charge in [-0.1, -0.05) is 44.9 Å². The molecule has 0 spiro atoms. The fourth-order valence-electron chi connectivity index (χ4n) is 3.88. The normalized spacial score (nSPS) is 19.5. The van der Waals surface area contributed by atoms with E-state index in [4.69, 9.17) is 0 Å². The van der Waals surface area contributed by atoms with E-state index >= 15 is 0 Å². The molecule has 144 valence electrons. The van der Waals surface area contributed by atoms with Gasteiger partial charge in [0.15, 0.2) is 5.13 Å². The molecule has 1 heterocycles. The van der Waals surface area contributed by atoms with Gasteiger partial charge in [-0.05, 0) is 25.7 Å². The molecule has 1 aromatic rings. The molecule has 2 saturated carbocycles. The number of rotatable bonds is 5. The molecule has 26 heavy (non-hydrogen) atoms. The summed E-state index contributed by atoms with van der Waals surface area (Å²) < 4.78 is 0. The highest BCUT2D eigenvalue weighted by Crippen LogP contribution is 2.20. The predicted octanol–water partition coefficient (Wildman–Crippen LogP) is 3.98. The maximum absolute atomic E-state index is 12.2. The van der Waals surface area contributed by atoms with Crippen molar-refractivity contribution in [1.29, 1.82) is 0 Å². The predicted molar refractivity (Wildman–Crippen MR) is 104 cm³/mol. The molecule has 2 aliphatic rings. The number of anilines is 1. The van der Waals surface area contributed by atoms with Crippen molar-refractivity contribution in [3.05, 3.63) is 11.1 Å². The van der Waals surface area contributed by atoms with Gasteiger partial charge in [-0.15, -0.1) is 11.3 Å². The maximum atomic E-state index is 12.2. The van der Waals surface area contributed by atoms with Gasteiger partial charge < -0.3 is 10.6 Å². The van der Waals surface area contributed by atoms with Crippen molar-refractivity contribution in [1.82, 2.24) is 15.6 Å². The van der Waals surface area contributed by atoms with Crippen molar-refractivity contribution in [2.45, 2.75) is 89.1 Å². The van der Waals surface area contributed by atoms with Crippen molar-refractivity contribution in [2.75, 3.05) is 5.32 Å². The van der Waals surface area contributed by atoms with Gasteiger partial charge in [0.05, 0.1) is 12.1 Å². The lowest BCUT2D eigenvalue weighted by Gasteiger charge is -2.22. The molecule has 0 atom stereocenters. The Morgan fingerprint density at radius 1 is 0.923 bits per heavy atom. The Bertz CT molecular complexity index is 590. The second-order valence-corrected chi connectivity index (χ2v) is 8.37. The Hall–Kier alpha value is -1.63. The Labute approximate surface area is 159 Å². The third-order valence-corrected chi connectivity index (χ3v) is 6.08. The van der Waals surface area contributed by atoms with E-state index in [1.54, 1.807) is 0 Å². The molecule has 0 aromatic carbocycles. The summed E-state index contributed by atoms with van der Waals surface area (Å²) in [6, 6.07) is 0.386. The summed E-state index contributed by atoms with van der Waals surface area (Å²) in [4.78, 5) is 28.7. The van der Waals surface area contributed by atoms with E-state index in [1.807, 2.05) is 5.38 Å². The topological polar surface area (TPSA) is 83.1 Å². The Morgan fingerprint density at radius 3 is 2.15 bits per heavy atom. The molecule has 0 saturated heterocycles. The second-order valence-electron chi connectivity index (χ2n) is 7.51. The zero-order valence-corrected chi connectivity index (χ0v) is 16.2. The van der Waals surface area contributed by atoms with Crippen molar-refractivity contribution in [3.8, 4) is 0 Å². The number of nitrogens with zero attached hydrogens (tertiary/aromatic N) is 1. The molecule has 2 aliphatic carbocycles. The number of hydrogen-bond donors (Lipinski definition) is 3. The van der Waals surface area contributed by atoms with Crippen LogP contribution in [0, 0.1) is 0 Å². The van der Waals surface area contributed by atoms with Crippen LogP contribution in [0.25, 0.3) is 0 Å². The van der Waals surface area contributed by atoms with Gasteiger partial charge in [0.1, 0.15) is 0 Å². The van der Waals surface area contributed by atoms with Crippen molar-refractivity contribution in [2.24, 2.45) is 0 Å². The fourth-order valence-corrected chi connectivity index (χ4v) is 4.58. The van der Waals surface area contributed by atoms with Gasteiger partial charge >= 0.3 is 6.03 Å². The lowest BCUT2D eigenvalue weighted by molar-refractivity contribution is -0.121. The second kappa shape index (κ2) is 9.90. The Kier molecular flexibility index (Phi) is 7.29. The number of thiazole rings is 1. The monoisotopic (exact) mass is 378 g/mol. The molecule has 3 amide bonds. The van der Waals surface area contributed by atoms with Gasteiger partial charge in [-0.25, -0.2) is 9.78 Å². The van der Waals surface area contributed by atoms with E-state index in [1.165, 1.54) is 56.3 Å². The van der Waals surface area contributed by atoms with E-state index in [-0.39, 0.29) is 24.4 Å². The molecular weight excluding hydrogens is 348 g/mol. The number of urea groups is 1. The lowest BCUT2D eigenvalue weighted by atomic mass is 9.96. The number of amides is 3. The first-order valence-corrected chi connectivity index (χ1v) is 10.9. The summed E-state index contributed by atoms with van der Waals surface area (Å²) in [5.74, 6) is 0.0282. The third kappa shape index (κ3) is 6.27. The Morgan fingerprint density at radius 2 is 1.50 bits per heavy atom. The van der Waals surface area contributed by atoms with E-state index in [9.17, 15) is 9.59 Å². The molecule has 2 fully saturated rings. The van der Waals surface area contributed by atoms with Crippen LogP contribution in [0.1, 0.15) is 76.3 Å². The van der Waals surface area contributed by atoms with Crippen LogP contribution < -0.4 is 16.0 Å². The van der Waals surface area contributed by atoms with E-state index < -0.39 is 0 Å². The van der Waals surface area contributed by atoms with Crippen molar-refractivity contribution >= 4 is 28.4 Å². The number of carbonyl (C=O) groups excluding carboxylic acids is 2. The SMILES string of the molecule is O=C(Cc1csc(NC(=O)NC2CCCCC2)n1)NC1CCCCCC1. The van der Waals surface area contributed by atoms with Gasteiger partial charge in [0.2, 0.25) is 5.91 Å². The number of hydrogen-bond acceptors (Lipinski definition) is 4. The largest absolute Gasteiger partial charge is 0.353 e. The first-order valence-electron chi connectivity index (χ1n) is 10.0. The molecular formula is C19H30N4O2S. The maximum Gasteiger partial charge on any atom is 0.321 e. The smallest absolute Gasteiger partial charge is 0.321 e. The molecule has 3 rings (SSSR count). The Balaban J connectivity index is 1.41. The molecule has 0 radical (unpaired) electrons. The van der Waals surface area contributed by atoms with E-state index in [2.05, 4.69) is 20.9 Å². The highest BCUT2D eigenvalue weighted by atomic mass is 32.1. The number of aromatic nitrogens is 1. The quantitative estimate of drug-likeness (QED) is 0.678. The molecule has 0 aliphatic heterocycles. The average molecular weight is 379 g/mol. The van der Waals surface area contributed by atoms with Crippen LogP contribution in [-0.4, -0.2) is 29.0 Å². The number of nitrogens with one attached hydrogen (secondary N) is 3. The summed E-state index contributed by atoms with van der Waals surface area (Å²) in [6.07, 6.45) is 13.1. The van der Waals surface area contributed by atoms with Gasteiger partial charge in [0, 0.05) is 17.5 Å². The highest BCUT2D eigenvalue weighted by molar-refractivity contribution is 7.13. The standard InChI is InChI=1S/C19H30N4O2S/c24-17(20-14-8-4-1-2-5-9-14)12-16-13-26-19(22-16)23-18(25)21-15-10-6-3-7-11-15/h13-15H,1-12H2,(H,20,24)(H2,21,22,23,25). The molecule has 0 unspecified atom stereocenters. The zero-order valence-electron chi connectivity index (χ0n) is 15.4. The fraction of sp³-hybridized carbons (Fsp3) is 0.737. The molecule has 6 nitrogen and oxygen atoms in total. The lowest BCUT2D eigenvalue weighted by Crippen LogP contribution is -2.39. The van der Waals surface area contributed by atoms with Crippen LogP contribution in [-0.2, 0) is 11.2 Å². The molecule has 0 bridgehead atoms. The van der Waals surface area contributed by atoms with Gasteiger partial charge in [0.25, 0.3) is 0 Å². The minimum atomic E-state index is -0.194. The van der Waals surface area contributed by atoms with Gasteiger partial charge in [-0.3, -0.25) is 10.1 Å². The summed E-state index contributed by atoms with van der Waals surface area (Å²) >= 11 is 1.37. The first kappa shape index (κ1) is 19.1. The highest BCUT2D eigenvalue weighted by Gasteiger charge is 2.18. The van der Waals surface area contributed by atoms with Crippen LogP contribution >= 0.6 is 11.3 Å². The van der Waals surface area contributed by atoms with Crippen LogP contribution in [0.2, 0.25) is 0 Å². The molecule has 7 heteroatoms. The minimum Gasteiger partial charge on any atom is -0.353 e. The minimum absolute atomic E-state index is 0.0282. The zero-order chi connectivity index (χ0) is 18.2. The van der Waals surface area contributed by atoms with Crippen molar-refractivity contribution < 1.29 is 9.59 Å². The van der Waals surface area contributed by atoms with Gasteiger partial charge in [-0.2, -0.15) is 0 Å². The molecule has 1 aromatic heterocycles. The summed E-state index contributed by atoms with van der Waals surface area (Å²) in [6.45, 7) is 0. The van der Waals surface area contributed by atoms with E-state index in [0.717, 1.165) is 25.7 Å². The van der Waals surface area contributed by atoms with Crippen LogP contribution in [0.3, 0.4) is 0 Å². The number of carbonyl (C=O) groups is 2. The summed E-state index contributed by atoms with van der Waals surface area (Å²) in [5, 5.41) is 11.4. The van der Waals surface area contributed by atoms with E-state index in [0.29, 0.717) is 16.9 Å². The average Bonchev–Trinajstić information content (AvgIpc) is 2.89. The summed E-state index contributed by atoms with van der Waals surface area (Å²) in [5.41, 5.74) is 0.717. The molecule has 3 N–H and O–H groups in total. The third-order valence-electron chi connectivity index (χ3n) is 5.27. The van der Waals surface area contributed by atoms with Crippen LogP contribution in [0.15, 0.2) is 5.38 Å². The summed E-state index contributed by atoms with van der Waals surface area (Å²) in [7, 11) is 0.